The number of nitrogens with zero attached hydrogens (tertiary/aromatic N) is 2. The standard InChI is InChI=1S/C13H16BrN3/c1-8-6-11(7-15)4-5-12(8)17-10(3)13(14)9(2)16-17/h4-6H,7,15H2,1-3H3. The van der Waals surface area contributed by atoms with Gasteiger partial charge in [0, 0.05) is 6.54 Å². The minimum absolute atomic E-state index is 0.571. The van der Waals surface area contributed by atoms with E-state index in [-0.39, 0.29) is 0 Å². The van der Waals surface area contributed by atoms with E-state index in [0.717, 1.165) is 27.1 Å². The predicted molar refractivity (Wildman–Crippen MR) is 73.4 cm³/mol. The summed E-state index contributed by atoms with van der Waals surface area (Å²) in [5, 5.41) is 4.53. The van der Waals surface area contributed by atoms with Crippen LogP contribution in [0, 0.1) is 20.8 Å². The number of aryl methyl sites for hydroxylation is 2. The third-order valence-electron chi connectivity index (χ3n) is 2.93. The number of halogens is 1. The largest absolute Gasteiger partial charge is 0.326 e. The van der Waals surface area contributed by atoms with Gasteiger partial charge in [0.15, 0.2) is 0 Å². The highest BCUT2D eigenvalue weighted by atomic mass is 79.9. The average molecular weight is 294 g/mol. The van der Waals surface area contributed by atoms with Gasteiger partial charge in [-0.05, 0) is 53.9 Å². The van der Waals surface area contributed by atoms with Crippen LogP contribution in [0.25, 0.3) is 5.69 Å². The molecule has 2 rings (SSSR count). The van der Waals surface area contributed by atoms with Gasteiger partial charge in [0.25, 0.3) is 0 Å². The molecule has 0 aliphatic carbocycles. The van der Waals surface area contributed by atoms with E-state index >= 15 is 0 Å². The maximum absolute atomic E-state index is 5.64. The van der Waals surface area contributed by atoms with Crippen LogP contribution in [-0.4, -0.2) is 9.78 Å². The molecule has 90 valence electrons. The Morgan fingerprint density at radius 3 is 2.47 bits per heavy atom. The van der Waals surface area contributed by atoms with Crippen molar-refractivity contribution in [1.29, 1.82) is 0 Å². The van der Waals surface area contributed by atoms with Gasteiger partial charge in [-0.15, -0.1) is 0 Å². The normalized spacial score (nSPS) is 10.9. The smallest absolute Gasteiger partial charge is 0.0743 e. The van der Waals surface area contributed by atoms with Crippen molar-refractivity contribution in [2.45, 2.75) is 27.3 Å². The lowest BCUT2D eigenvalue weighted by Crippen LogP contribution is -2.03. The van der Waals surface area contributed by atoms with E-state index in [1.165, 1.54) is 5.56 Å². The molecule has 0 bridgehead atoms. The van der Waals surface area contributed by atoms with E-state index in [9.17, 15) is 0 Å². The molecule has 0 amide bonds. The second-order valence-electron chi connectivity index (χ2n) is 4.22. The van der Waals surface area contributed by atoms with Gasteiger partial charge >= 0.3 is 0 Å². The second kappa shape index (κ2) is 4.63. The highest BCUT2D eigenvalue weighted by molar-refractivity contribution is 9.10. The molecule has 3 nitrogen and oxygen atoms in total. The molecule has 0 aliphatic rings. The summed E-state index contributed by atoms with van der Waals surface area (Å²) in [5.74, 6) is 0. The third-order valence-corrected chi connectivity index (χ3v) is 4.08. The van der Waals surface area contributed by atoms with E-state index in [4.69, 9.17) is 5.73 Å². The number of rotatable bonds is 2. The van der Waals surface area contributed by atoms with Crippen LogP contribution in [0.3, 0.4) is 0 Å². The number of nitrogens with two attached hydrogens (primary N) is 1. The van der Waals surface area contributed by atoms with Crippen molar-refractivity contribution >= 4 is 15.9 Å². The van der Waals surface area contributed by atoms with Gasteiger partial charge in [-0.1, -0.05) is 12.1 Å². The number of aromatic nitrogens is 2. The fourth-order valence-electron chi connectivity index (χ4n) is 1.94. The molecule has 17 heavy (non-hydrogen) atoms. The molecule has 1 heterocycles. The summed E-state index contributed by atoms with van der Waals surface area (Å²) in [6.45, 7) is 6.71. The summed E-state index contributed by atoms with van der Waals surface area (Å²) < 4.78 is 3.04. The van der Waals surface area contributed by atoms with Crippen LogP contribution < -0.4 is 5.73 Å². The first-order valence-corrected chi connectivity index (χ1v) is 6.35. The average Bonchev–Trinajstić information content (AvgIpc) is 2.57. The van der Waals surface area contributed by atoms with Gasteiger partial charge in [-0.2, -0.15) is 5.10 Å². The van der Waals surface area contributed by atoms with Gasteiger partial charge in [0.05, 0.1) is 21.5 Å². The van der Waals surface area contributed by atoms with Crippen LogP contribution in [-0.2, 0) is 6.54 Å². The Kier molecular flexibility index (Phi) is 3.35. The van der Waals surface area contributed by atoms with Crippen LogP contribution >= 0.6 is 15.9 Å². The molecule has 0 aliphatic heterocycles. The molecule has 2 aromatic rings. The van der Waals surface area contributed by atoms with Crippen molar-refractivity contribution in [3.63, 3.8) is 0 Å². The second-order valence-corrected chi connectivity index (χ2v) is 5.01. The first kappa shape index (κ1) is 12.3. The summed E-state index contributed by atoms with van der Waals surface area (Å²) in [4.78, 5) is 0. The summed E-state index contributed by atoms with van der Waals surface area (Å²) in [7, 11) is 0. The van der Waals surface area contributed by atoms with Crippen LogP contribution in [0.4, 0.5) is 0 Å². The lowest BCUT2D eigenvalue weighted by molar-refractivity contribution is 0.825. The summed E-state index contributed by atoms with van der Waals surface area (Å²) in [5.41, 5.74) is 11.2. The third kappa shape index (κ3) is 2.15. The Labute approximate surface area is 110 Å². The van der Waals surface area contributed by atoms with Crippen molar-refractivity contribution in [2.75, 3.05) is 0 Å². The number of hydrogen-bond acceptors (Lipinski definition) is 2. The van der Waals surface area contributed by atoms with Crippen LogP contribution in [0.2, 0.25) is 0 Å². The highest BCUT2D eigenvalue weighted by Gasteiger charge is 2.11. The lowest BCUT2D eigenvalue weighted by Gasteiger charge is -2.09. The molecular weight excluding hydrogens is 278 g/mol. The quantitative estimate of drug-likeness (QED) is 0.925. The van der Waals surface area contributed by atoms with Crippen molar-refractivity contribution in [2.24, 2.45) is 5.73 Å². The van der Waals surface area contributed by atoms with Gasteiger partial charge < -0.3 is 5.73 Å². The fourth-order valence-corrected chi connectivity index (χ4v) is 2.19. The zero-order valence-corrected chi connectivity index (χ0v) is 11.9. The number of hydrogen-bond donors (Lipinski definition) is 1. The van der Waals surface area contributed by atoms with Gasteiger partial charge in [-0.3, -0.25) is 0 Å². The van der Waals surface area contributed by atoms with Crippen molar-refractivity contribution in [3.8, 4) is 5.69 Å². The van der Waals surface area contributed by atoms with E-state index in [0.29, 0.717) is 6.54 Å². The van der Waals surface area contributed by atoms with E-state index in [1.807, 2.05) is 17.7 Å². The number of benzene rings is 1. The molecule has 0 spiro atoms. The van der Waals surface area contributed by atoms with Gasteiger partial charge in [0.2, 0.25) is 0 Å². The van der Waals surface area contributed by atoms with Gasteiger partial charge in [-0.25, -0.2) is 4.68 Å². The Morgan fingerprint density at radius 2 is 2.00 bits per heavy atom. The zero-order valence-electron chi connectivity index (χ0n) is 10.3. The molecule has 0 unspecified atom stereocenters. The Hall–Kier alpha value is -1.13. The topological polar surface area (TPSA) is 43.8 Å². The molecule has 0 fully saturated rings. The zero-order chi connectivity index (χ0) is 12.6. The van der Waals surface area contributed by atoms with Crippen LogP contribution in [0.15, 0.2) is 22.7 Å². The van der Waals surface area contributed by atoms with Crippen molar-refractivity contribution in [1.82, 2.24) is 9.78 Å². The van der Waals surface area contributed by atoms with Crippen LogP contribution in [0.5, 0.6) is 0 Å². The minimum atomic E-state index is 0.571. The molecule has 2 N–H and O–H groups in total. The molecule has 0 atom stereocenters. The van der Waals surface area contributed by atoms with E-state index < -0.39 is 0 Å². The maximum atomic E-state index is 5.64. The maximum Gasteiger partial charge on any atom is 0.0743 e. The molecule has 0 saturated carbocycles. The van der Waals surface area contributed by atoms with Crippen LogP contribution in [0.1, 0.15) is 22.5 Å². The van der Waals surface area contributed by atoms with Crippen molar-refractivity contribution in [3.05, 3.63) is 45.2 Å². The molecule has 1 aromatic heterocycles. The van der Waals surface area contributed by atoms with Gasteiger partial charge in [0.1, 0.15) is 0 Å². The molecular formula is C13H16BrN3. The fraction of sp³-hybridized carbons (Fsp3) is 0.308. The summed E-state index contributed by atoms with van der Waals surface area (Å²) >= 11 is 3.55. The Bertz CT molecular complexity index is 558. The van der Waals surface area contributed by atoms with E-state index in [1.54, 1.807) is 0 Å². The molecule has 4 heteroatoms. The SMILES string of the molecule is Cc1cc(CN)ccc1-n1nc(C)c(Br)c1C. The first-order valence-electron chi connectivity index (χ1n) is 5.56. The molecule has 0 radical (unpaired) electrons. The Balaban J connectivity index is 2.57. The minimum Gasteiger partial charge on any atom is -0.326 e. The summed E-state index contributed by atoms with van der Waals surface area (Å²) in [6, 6.07) is 6.23. The molecule has 1 aromatic carbocycles. The van der Waals surface area contributed by atoms with Crippen molar-refractivity contribution < 1.29 is 0 Å². The monoisotopic (exact) mass is 293 g/mol. The lowest BCUT2D eigenvalue weighted by atomic mass is 10.1. The highest BCUT2D eigenvalue weighted by Crippen LogP contribution is 2.24. The Morgan fingerprint density at radius 1 is 1.29 bits per heavy atom. The first-order chi connectivity index (χ1) is 8.04. The molecule has 0 saturated heterocycles. The predicted octanol–water partition coefficient (Wildman–Crippen LogP) is 3.02. The van der Waals surface area contributed by atoms with E-state index in [2.05, 4.69) is 47.0 Å². The summed E-state index contributed by atoms with van der Waals surface area (Å²) in [6.07, 6.45) is 0.